The number of rotatable bonds is 8. The van der Waals surface area contributed by atoms with Gasteiger partial charge in [0, 0.05) is 12.1 Å². The van der Waals surface area contributed by atoms with Crippen LogP contribution < -0.4 is 4.74 Å². The Morgan fingerprint density at radius 2 is 1.71 bits per heavy atom. The smallest absolute Gasteiger partial charge is 0.329 e. The van der Waals surface area contributed by atoms with Crippen molar-refractivity contribution in [2.45, 2.75) is 39.8 Å². The molecule has 35 heavy (non-hydrogen) atoms. The minimum Gasteiger partial charge on any atom is -0.497 e. The third-order valence-electron chi connectivity index (χ3n) is 5.72. The number of benzene rings is 2. The molecular formula is C26H28FN5O3. The normalized spacial score (nSPS) is 12.5. The highest BCUT2D eigenvalue weighted by Gasteiger charge is 2.35. The zero-order valence-corrected chi connectivity index (χ0v) is 20.1. The maximum Gasteiger partial charge on any atom is 0.329 e. The number of hydrogen-bond acceptors (Lipinski definition) is 5. The Morgan fingerprint density at radius 3 is 2.31 bits per heavy atom. The molecule has 0 radical (unpaired) electrons. The second-order valence-corrected chi connectivity index (χ2v) is 9.52. The fourth-order valence-electron chi connectivity index (χ4n) is 3.98. The third kappa shape index (κ3) is 5.56. The molecule has 2 aromatic carbocycles. The lowest BCUT2D eigenvalue weighted by Crippen LogP contribution is -2.33. The summed E-state index contributed by atoms with van der Waals surface area (Å²) in [6.45, 7) is 6.10. The maximum atomic E-state index is 13.4. The Bertz CT molecular complexity index is 1300. The molecule has 0 spiro atoms. The number of carbonyl (C=O) groups is 1. The standard InChI is InChI=1S/C26H28FN5O3/c1-26(2,3)24(25(33)34)32-20(13-17-5-9-19(27)10-6-17)14-22(29-32)23-16-31(30-28-23)15-18-7-11-21(35-4)12-8-18/h5-12,14,16,24H,13,15H2,1-4H3,(H,33,34). The highest BCUT2D eigenvalue weighted by molar-refractivity contribution is 5.73. The second kappa shape index (κ2) is 9.69. The van der Waals surface area contributed by atoms with E-state index in [1.807, 2.05) is 51.1 Å². The topological polar surface area (TPSA) is 95.1 Å². The lowest BCUT2D eigenvalue weighted by molar-refractivity contribution is -0.144. The predicted molar refractivity (Wildman–Crippen MR) is 129 cm³/mol. The monoisotopic (exact) mass is 477 g/mol. The molecule has 1 unspecified atom stereocenters. The van der Waals surface area contributed by atoms with Gasteiger partial charge in [0.15, 0.2) is 6.04 Å². The van der Waals surface area contributed by atoms with E-state index in [-0.39, 0.29) is 5.82 Å². The largest absolute Gasteiger partial charge is 0.497 e. The van der Waals surface area contributed by atoms with Crippen molar-refractivity contribution in [3.05, 3.63) is 83.4 Å². The molecular weight excluding hydrogens is 449 g/mol. The predicted octanol–water partition coefficient (Wildman–Crippen LogP) is 4.60. The molecule has 0 amide bonds. The van der Waals surface area contributed by atoms with Gasteiger partial charge in [-0.3, -0.25) is 4.68 Å². The Hall–Kier alpha value is -4.01. The second-order valence-electron chi connectivity index (χ2n) is 9.52. The molecule has 4 aromatic rings. The van der Waals surface area contributed by atoms with E-state index < -0.39 is 17.4 Å². The molecule has 8 nitrogen and oxygen atoms in total. The van der Waals surface area contributed by atoms with Crippen molar-refractivity contribution in [1.82, 2.24) is 24.8 Å². The van der Waals surface area contributed by atoms with Crippen molar-refractivity contribution < 1.29 is 19.0 Å². The molecule has 9 heteroatoms. The van der Waals surface area contributed by atoms with Gasteiger partial charge in [-0.2, -0.15) is 5.10 Å². The summed E-state index contributed by atoms with van der Waals surface area (Å²) in [7, 11) is 1.62. The Morgan fingerprint density at radius 1 is 1.06 bits per heavy atom. The molecule has 0 saturated heterocycles. The zero-order valence-electron chi connectivity index (χ0n) is 20.1. The molecule has 182 valence electrons. The van der Waals surface area contributed by atoms with Crippen molar-refractivity contribution in [3.8, 4) is 17.1 Å². The molecule has 0 aliphatic heterocycles. The van der Waals surface area contributed by atoms with Crippen LogP contribution in [0.5, 0.6) is 5.75 Å². The first-order valence-corrected chi connectivity index (χ1v) is 11.2. The van der Waals surface area contributed by atoms with Crippen molar-refractivity contribution >= 4 is 5.97 Å². The Kier molecular flexibility index (Phi) is 6.68. The van der Waals surface area contributed by atoms with Gasteiger partial charge in [-0.15, -0.1) is 5.10 Å². The number of nitrogens with zero attached hydrogens (tertiary/aromatic N) is 5. The first-order valence-electron chi connectivity index (χ1n) is 11.2. The van der Waals surface area contributed by atoms with Crippen LogP contribution >= 0.6 is 0 Å². The molecule has 2 heterocycles. The summed E-state index contributed by atoms with van der Waals surface area (Å²) >= 11 is 0. The number of methoxy groups -OCH3 is 1. The summed E-state index contributed by atoms with van der Waals surface area (Å²) in [5.41, 5.74) is 3.04. The average molecular weight is 478 g/mol. The van der Waals surface area contributed by atoms with Crippen LogP contribution in [0.3, 0.4) is 0 Å². The molecule has 0 saturated carbocycles. The lowest BCUT2D eigenvalue weighted by Gasteiger charge is -2.28. The highest BCUT2D eigenvalue weighted by Crippen LogP contribution is 2.33. The van der Waals surface area contributed by atoms with Crippen LogP contribution in [0, 0.1) is 11.2 Å². The number of carboxylic acid groups (broad SMARTS) is 1. The van der Waals surface area contributed by atoms with Gasteiger partial charge in [0.25, 0.3) is 0 Å². The van der Waals surface area contributed by atoms with Gasteiger partial charge in [0.05, 0.1) is 19.9 Å². The zero-order chi connectivity index (χ0) is 25.2. The number of aromatic nitrogens is 5. The lowest BCUT2D eigenvalue weighted by atomic mass is 9.86. The van der Waals surface area contributed by atoms with Gasteiger partial charge in [-0.25, -0.2) is 13.9 Å². The van der Waals surface area contributed by atoms with Crippen molar-refractivity contribution in [2.75, 3.05) is 7.11 Å². The molecule has 2 aromatic heterocycles. The molecule has 0 aliphatic rings. The third-order valence-corrected chi connectivity index (χ3v) is 5.72. The van der Waals surface area contributed by atoms with Crippen LogP contribution in [0.4, 0.5) is 4.39 Å². The van der Waals surface area contributed by atoms with E-state index in [4.69, 9.17) is 4.74 Å². The molecule has 4 rings (SSSR count). The number of hydrogen-bond donors (Lipinski definition) is 1. The van der Waals surface area contributed by atoms with Gasteiger partial charge < -0.3 is 9.84 Å². The van der Waals surface area contributed by atoms with Gasteiger partial charge in [-0.1, -0.05) is 50.3 Å². The van der Waals surface area contributed by atoms with Crippen LogP contribution in [0.25, 0.3) is 11.4 Å². The summed E-state index contributed by atoms with van der Waals surface area (Å²) in [4.78, 5) is 12.2. The van der Waals surface area contributed by atoms with Crippen molar-refractivity contribution in [1.29, 1.82) is 0 Å². The number of aliphatic carboxylic acids is 1. The minimum absolute atomic E-state index is 0.325. The quantitative estimate of drug-likeness (QED) is 0.399. The van der Waals surface area contributed by atoms with E-state index in [1.54, 1.807) is 34.8 Å². The highest BCUT2D eigenvalue weighted by atomic mass is 19.1. The first-order chi connectivity index (χ1) is 16.6. The van der Waals surface area contributed by atoms with Crippen molar-refractivity contribution in [3.63, 3.8) is 0 Å². The average Bonchev–Trinajstić information content (AvgIpc) is 3.42. The summed E-state index contributed by atoms with van der Waals surface area (Å²) in [6, 6.07) is 14.7. The summed E-state index contributed by atoms with van der Waals surface area (Å²) in [5.74, 6) is -0.524. The van der Waals surface area contributed by atoms with E-state index >= 15 is 0 Å². The Labute approximate surface area is 203 Å². The minimum atomic E-state index is -0.976. The summed E-state index contributed by atoms with van der Waals surface area (Å²) in [5, 5.41) is 23.2. The van der Waals surface area contributed by atoms with E-state index in [0.29, 0.717) is 30.0 Å². The number of ether oxygens (including phenoxy) is 1. The van der Waals surface area contributed by atoms with Crippen LogP contribution in [0.15, 0.2) is 60.8 Å². The van der Waals surface area contributed by atoms with E-state index in [0.717, 1.165) is 16.9 Å². The fraction of sp³-hybridized carbons (Fsp3) is 0.308. The fourth-order valence-corrected chi connectivity index (χ4v) is 3.98. The van der Waals surface area contributed by atoms with E-state index in [1.165, 1.54) is 12.1 Å². The van der Waals surface area contributed by atoms with E-state index in [2.05, 4.69) is 15.4 Å². The van der Waals surface area contributed by atoms with Crippen LogP contribution in [-0.4, -0.2) is 43.0 Å². The van der Waals surface area contributed by atoms with Gasteiger partial charge >= 0.3 is 5.97 Å². The molecule has 0 aliphatic carbocycles. The van der Waals surface area contributed by atoms with Gasteiger partial charge in [0.1, 0.15) is 23.0 Å². The van der Waals surface area contributed by atoms with Gasteiger partial charge in [0.2, 0.25) is 0 Å². The number of halogens is 1. The molecule has 0 fully saturated rings. The maximum absolute atomic E-state index is 13.4. The van der Waals surface area contributed by atoms with Crippen LogP contribution in [-0.2, 0) is 17.8 Å². The molecule has 1 atom stereocenters. The summed E-state index contributed by atoms with van der Waals surface area (Å²) in [6.07, 6.45) is 2.18. The van der Waals surface area contributed by atoms with Gasteiger partial charge in [-0.05, 0) is 46.9 Å². The number of carboxylic acids is 1. The van der Waals surface area contributed by atoms with E-state index in [9.17, 15) is 14.3 Å². The SMILES string of the molecule is COc1ccc(Cn2cc(-c3cc(Cc4ccc(F)cc4)n(C(C(=O)O)C(C)(C)C)n3)nn2)cc1. The van der Waals surface area contributed by atoms with Crippen molar-refractivity contribution in [2.24, 2.45) is 5.41 Å². The summed E-state index contributed by atoms with van der Waals surface area (Å²) < 4.78 is 21.8. The first kappa shape index (κ1) is 24.1. The molecule has 1 N–H and O–H groups in total. The van der Waals surface area contributed by atoms with Crippen LogP contribution in [0.1, 0.15) is 43.6 Å². The molecule has 0 bridgehead atoms. The van der Waals surface area contributed by atoms with Crippen LogP contribution in [0.2, 0.25) is 0 Å². The Balaban J connectivity index is 1.67.